The van der Waals surface area contributed by atoms with E-state index in [2.05, 4.69) is 0 Å². The number of benzene rings is 1. The molecule has 1 aromatic carbocycles. The molecule has 0 heterocycles. The molecule has 0 aliphatic rings. The van der Waals surface area contributed by atoms with E-state index in [9.17, 15) is 12.8 Å². The lowest BCUT2D eigenvalue weighted by molar-refractivity contribution is 0.604. The lowest BCUT2D eigenvalue weighted by Gasteiger charge is -2.09. The second-order valence-corrected chi connectivity index (χ2v) is 5.30. The Morgan fingerprint density at radius 3 is 2.31 bits per heavy atom. The topological polar surface area (TPSA) is 70.0 Å². The summed E-state index contributed by atoms with van der Waals surface area (Å²) < 4.78 is 37.3. The number of halogens is 3. The molecule has 0 bridgehead atoms. The lowest BCUT2D eigenvalue weighted by atomic mass is 10.3. The van der Waals surface area contributed by atoms with Crippen molar-refractivity contribution in [2.24, 2.45) is 0 Å². The van der Waals surface area contributed by atoms with E-state index in [0.29, 0.717) is 0 Å². The molecular formula is C8H5Cl2FN2O2S. The fraction of sp³-hybridized carbons (Fsp3) is 0.125. The zero-order valence-corrected chi connectivity index (χ0v) is 10.00. The summed E-state index contributed by atoms with van der Waals surface area (Å²) in [4.78, 5) is 0. The Bertz CT molecular complexity index is 531. The molecule has 0 atom stereocenters. The Kier molecular flexibility index (Phi) is 3.97. The van der Waals surface area contributed by atoms with E-state index < -0.39 is 21.6 Å². The van der Waals surface area contributed by atoms with Crippen LogP contribution in [0.1, 0.15) is 0 Å². The van der Waals surface area contributed by atoms with Crippen molar-refractivity contribution in [1.82, 2.24) is 0 Å². The normalized spacial score (nSPS) is 10.9. The maximum atomic E-state index is 12.8. The van der Waals surface area contributed by atoms with Crippen LogP contribution in [0.5, 0.6) is 0 Å². The molecule has 0 radical (unpaired) electrons. The van der Waals surface area contributed by atoms with Crippen molar-refractivity contribution in [1.29, 1.82) is 5.26 Å². The van der Waals surface area contributed by atoms with Gasteiger partial charge in [-0.2, -0.15) is 5.26 Å². The van der Waals surface area contributed by atoms with Crippen LogP contribution in [-0.4, -0.2) is 14.2 Å². The summed E-state index contributed by atoms with van der Waals surface area (Å²) >= 11 is 11.2. The second kappa shape index (κ2) is 4.87. The summed E-state index contributed by atoms with van der Waals surface area (Å²) in [5, 5.41) is 7.92. The SMILES string of the molecule is N#CCS(=O)(=O)Nc1c(Cl)cc(F)cc1Cl. The molecule has 0 aromatic heterocycles. The predicted molar refractivity (Wildman–Crippen MR) is 59.4 cm³/mol. The monoisotopic (exact) mass is 282 g/mol. The molecule has 1 rings (SSSR count). The van der Waals surface area contributed by atoms with Crippen LogP contribution in [0.2, 0.25) is 10.0 Å². The molecule has 1 aromatic rings. The first-order valence-corrected chi connectivity index (χ1v) is 6.28. The fourth-order valence-electron chi connectivity index (χ4n) is 0.916. The van der Waals surface area contributed by atoms with Crippen molar-refractivity contribution >= 4 is 38.9 Å². The van der Waals surface area contributed by atoms with Gasteiger partial charge in [0.25, 0.3) is 0 Å². The molecule has 8 heteroatoms. The minimum atomic E-state index is -3.84. The highest BCUT2D eigenvalue weighted by molar-refractivity contribution is 7.92. The third-order valence-corrected chi connectivity index (χ3v) is 3.14. The summed E-state index contributed by atoms with van der Waals surface area (Å²) in [6.45, 7) is 0. The van der Waals surface area contributed by atoms with Crippen molar-refractivity contribution < 1.29 is 12.8 Å². The largest absolute Gasteiger partial charge is 0.280 e. The van der Waals surface area contributed by atoms with Gasteiger partial charge in [-0.05, 0) is 12.1 Å². The number of rotatable bonds is 3. The molecule has 0 saturated heterocycles. The molecule has 0 unspecified atom stereocenters. The average molecular weight is 283 g/mol. The molecule has 1 N–H and O–H groups in total. The first-order chi connectivity index (χ1) is 7.35. The average Bonchev–Trinajstić information content (AvgIpc) is 2.11. The molecule has 0 fully saturated rings. The molecule has 0 saturated carbocycles. The van der Waals surface area contributed by atoms with Gasteiger partial charge in [-0.15, -0.1) is 0 Å². The predicted octanol–water partition coefficient (Wildman–Crippen LogP) is 2.40. The Labute approximate surface area is 102 Å². The number of nitrogens with one attached hydrogen (secondary N) is 1. The Balaban J connectivity index is 3.13. The van der Waals surface area contributed by atoms with Crippen LogP contribution in [0.25, 0.3) is 0 Å². The molecule has 0 amide bonds. The van der Waals surface area contributed by atoms with Gasteiger partial charge in [0.05, 0.1) is 21.8 Å². The lowest BCUT2D eigenvalue weighted by Crippen LogP contribution is -2.16. The molecule has 86 valence electrons. The molecule has 0 spiro atoms. The van der Waals surface area contributed by atoms with Crippen LogP contribution >= 0.6 is 23.2 Å². The van der Waals surface area contributed by atoms with E-state index in [1.165, 1.54) is 6.07 Å². The van der Waals surface area contributed by atoms with Gasteiger partial charge in [0.2, 0.25) is 10.0 Å². The van der Waals surface area contributed by atoms with Gasteiger partial charge in [-0.25, -0.2) is 12.8 Å². The highest BCUT2D eigenvalue weighted by Gasteiger charge is 2.15. The number of hydrogen-bond acceptors (Lipinski definition) is 3. The summed E-state index contributed by atoms with van der Waals surface area (Å²) in [5.74, 6) is -1.42. The first-order valence-electron chi connectivity index (χ1n) is 3.87. The van der Waals surface area contributed by atoms with Gasteiger partial charge in [-0.1, -0.05) is 23.2 Å². The van der Waals surface area contributed by atoms with Crippen LogP contribution in [0, 0.1) is 17.1 Å². The highest BCUT2D eigenvalue weighted by Crippen LogP contribution is 2.32. The number of nitriles is 1. The van der Waals surface area contributed by atoms with Crippen molar-refractivity contribution in [3.63, 3.8) is 0 Å². The number of sulfonamides is 1. The van der Waals surface area contributed by atoms with E-state index in [4.69, 9.17) is 28.5 Å². The van der Waals surface area contributed by atoms with E-state index in [-0.39, 0.29) is 15.7 Å². The zero-order chi connectivity index (χ0) is 12.3. The number of anilines is 1. The molecule has 0 aliphatic heterocycles. The van der Waals surface area contributed by atoms with Crippen LogP contribution in [0.3, 0.4) is 0 Å². The second-order valence-electron chi connectivity index (χ2n) is 2.76. The maximum absolute atomic E-state index is 12.8. The Morgan fingerprint density at radius 1 is 1.38 bits per heavy atom. The van der Waals surface area contributed by atoms with Gasteiger partial charge < -0.3 is 0 Å². The van der Waals surface area contributed by atoms with Crippen LogP contribution in [0.4, 0.5) is 10.1 Å². The molecular weight excluding hydrogens is 278 g/mol. The highest BCUT2D eigenvalue weighted by atomic mass is 35.5. The Hall–Kier alpha value is -1.03. The van der Waals surface area contributed by atoms with Crippen molar-refractivity contribution in [2.75, 3.05) is 10.5 Å². The van der Waals surface area contributed by atoms with Crippen molar-refractivity contribution in [3.8, 4) is 6.07 Å². The van der Waals surface area contributed by atoms with E-state index in [1.807, 2.05) is 4.72 Å². The smallest absolute Gasteiger partial charge is 0.246 e. The van der Waals surface area contributed by atoms with Gasteiger partial charge in [0.15, 0.2) is 5.75 Å². The number of nitrogens with zero attached hydrogens (tertiary/aromatic N) is 1. The Morgan fingerprint density at radius 2 is 1.88 bits per heavy atom. The van der Waals surface area contributed by atoms with Crippen molar-refractivity contribution in [3.05, 3.63) is 28.0 Å². The van der Waals surface area contributed by atoms with Gasteiger partial charge in [0, 0.05) is 0 Å². The maximum Gasteiger partial charge on any atom is 0.246 e. The summed E-state index contributed by atoms with van der Waals surface area (Å²) in [5.41, 5.74) is -0.139. The quantitative estimate of drug-likeness (QED) is 0.925. The summed E-state index contributed by atoms with van der Waals surface area (Å²) in [6, 6.07) is 3.30. The van der Waals surface area contributed by atoms with E-state index >= 15 is 0 Å². The van der Waals surface area contributed by atoms with E-state index in [0.717, 1.165) is 12.1 Å². The van der Waals surface area contributed by atoms with E-state index in [1.54, 1.807) is 0 Å². The summed E-state index contributed by atoms with van der Waals surface area (Å²) in [6.07, 6.45) is 0. The van der Waals surface area contributed by atoms with Gasteiger partial charge in [-0.3, -0.25) is 4.72 Å². The summed E-state index contributed by atoms with van der Waals surface area (Å²) in [7, 11) is -3.84. The molecule has 16 heavy (non-hydrogen) atoms. The molecule has 4 nitrogen and oxygen atoms in total. The third-order valence-electron chi connectivity index (χ3n) is 1.52. The third kappa shape index (κ3) is 3.23. The zero-order valence-electron chi connectivity index (χ0n) is 7.67. The first kappa shape index (κ1) is 13.0. The standard InChI is InChI=1S/C8H5Cl2FN2O2S/c9-6-3-5(11)4-7(10)8(6)13-16(14,15)2-1-12/h3-4,13H,2H2. The molecule has 0 aliphatic carbocycles. The van der Waals surface area contributed by atoms with Gasteiger partial charge >= 0.3 is 0 Å². The van der Waals surface area contributed by atoms with Crippen LogP contribution in [-0.2, 0) is 10.0 Å². The minimum Gasteiger partial charge on any atom is -0.280 e. The minimum absolute atomic E-state index is 0.139. The van der Waals surface area contributed by atoms with Gasteiger partial charge in [0.1, 0.15) is 5.82 Å². The van der Waals surface area contributed by atoms with Crippen molar-refractivity contribution in [2.45, 2.75) is 0 Å². The van der Waals surface area contributed by atoms with Crippen LogP contribution < -0.4 is 4.72 Å². The number of hydrogen-bond donors (Lipinski definition) is 1. The fourth-order valence-corrected chi connectivity index (χ4v) is 2.36. The van der Waals surface area contributed by atoms with Crippen LogP contribution in [0.15, 0.2) is 12.1 Å².